The Kier molecular flexibility index (Phi) is 4.14. The molecule has 0 heterocycles. The fourth-order valence-corrected chi connectivity index (χ4v) is 1.69. The van der Waals surface area contributed by atoms with E-state index in [1.807, 2.05) is 48.5 Å². The van der Waals surface area contributed by atoms with Crippen LogP contribution in [0.4, 0.5) is 0 Å². The molecule has 0 amide bonds. The molecule has 0 aromatic heterocycles. The molecule has 0 aliphatic carbocycles. The molecule has 2 rings (SSSR count). The van der Waals surface area contributed by atoms with Crippen LogP contribution >= 0.6 is 0 Å². The monoisotopic (exact) mass is 252 g/mol. The normalized spacial score (nSPS) is 10.8. The van der Waals surface area contributed by atoms with Gasteiger partial charge >= 0.3 is 0 Å². The van der Waals surface area contributed by atoms with Crippen LogP contribution in [0.1, 0.15) is 11.1 Å². The lowest BCUT2D eigenvalue weighted by Gasteiger charge is -2.09. The standard InChI is InChI=1S/C15H12N2O2/c16-10-15(17-18)14-9-5-4-6-12(14)11-19-13-7-2-1-3-8-13/h1-9,18H,11H2/b17-15-. The molecule has 0 saturated heterocycles. The highest BCUT2D eigenvalue weighted by Gasteiger charge is 2.09. The smallest absolute Gasteiger partial charge is 0.187 e. The lowest BCUT2D eigenvalue weighted by Crippen LogP contribution is -2.05. The van der Waals surface area contributed by atoms with Crippen LogP contribution in [0.3, 0.4) is 0 Å². The number of ether oxygens (including phenoxy) is 1. The summed E-state index contributed by atoms with van der Waals surface area (Å²) in [6, 6.07) is 18.4. The van der Waals surface area contributed by atoms with Crippen LogP contribution in [0.15, 0.2) is 59.8 Å². The molecule has 0 spiro atoms. The molecule has 0 bridgehead atoms. The predicted molar refractivity (Wildman–Crippen MR) is 71.2 cm³/mol. The number of hydrogen-bond acceptors (Lipinski definition) is 4. The van der Waals surface area contributed by atoms with Crippen molar-refractivity contribution in [3.05, 3.63) is 65.7 Å². The average molecular weight is 252 g/mol. The van der Waals surface area contributed by atoms with Crippen LogP contribution in [-0.4, -0.2) is 10.9 Å². The van der Waals surface area contributed by atoms with Crippen LogP contribution in [0, 0.1) is 11.3 Å². The highest BCUT2D eigenvalue weighted by molar-refractivity contribution is 6.12. The second-order valence-corrected chi connectivity index (χ2v) is 3.82. The van der Waals surface area contributed by atoms with Crippen molar-refractivity contribution in [2.75, 3.05) is 0 Å². The molecule has 19 heavy (non-hydrogen) atoms. The fourth-order valence-electron chi connectivity index (χ4n) is 1.69. The Morgan fingerprint density at radius 1 is 1.11 bits per heavy atom. The summed E-state index contributed by atoms with van der Waals surface area (Å²) in [5.41, 5.74) is 1.34. The van der Waals surface area contributed by atoms with E-state index >= 15 is 0 Å². The largest absolute Gasteiger partial charge is 0.489 e. The zero-order valence-corrected chi connectivity index (χ0v) is 10.2. The van der Waals surface area contributed by atoms with Gasteiger partial charge in [0.15, 0.2) is 5.71 Å². The molecule has 0 atom stereocenters. The Labute approximate surface area is 111 Å². The predicted octanol–water partition coefficient (Wildman–Crippen LogP) is 2.97. The van der Waals surface area contributed by atoms with Crippen LogP contribution in [0.2, 0.25) is 0 Å². The maximum atomic E-state index is 8.91. The maximum Gasteiger partial charge on any atom is 0.187 e. The molecule has 1 N–H and O–H groups in total. The van der Waals surface area contributed by atoms with Gasteiger partial charge in [-0.15, -0.1) is 0 Å². The van der Waals surface area contributed by atoms with Crippen LogP contribution in [-0.2, 0) is 6.61 Å². The molecule has 4 heteroatoms. The average Bonchev–Trinajstić information content (AvgIpc) is 2.48. The molecule has 2 aromatic rings. The first-order valence-corrected chi connectivity index (χ1v) is 5.73. The van der Waals surface area contributed by atoms with Crippen molar-refractivity contribution in [2.24, 2.45) is 5.16 Å². The minimum Gasteiger partial charge on any atom is -0.489 e. The number of rotatable bonds is 4. The Morgan fingerprint density at radius 3 is 2.47 bits per heavy atom. The minimum atomic E-state index is -0.0211. The van der Waals surface area contributed by atoms with Crippen molar-refractivity contribution in [1.82, 2.24) is 0 Å². The molecule has 0 unspecified atom stereocenters. The van der Waals surface area contributed by atoms with Crippen LogP contribution in [0.25, 0.3) is 0 Å². The zero-order chi connectivity index (χ0) is 13.5. The van der Waals surface area contributed by atoms with Crippen molar-refractivity contribution in [1.29, 1.82) is 5.26 Å². The number of oxime groups is 1. The third-order valence-electron chi connectivity index (χ3n) is 2.62. The van der Waals surface area contributed by atoms with Gasteiger partial charge in [0.05, 0.1) is 0 Å². The first-order chi connectivity index (χ1) is 9.35. The summed E-state index contributed by atoms with van der Waals surface area (Å²) in [5, 5.41) is 20.7. The summed E-state index contributed by atoms with van der Waals surface area (Å²) < 4.78 is 5.63. The van der Waals surface area contributed by atoms with E-state index in [9.17, 15) is 0 Å². The number of benzene rings is 2. The van der Waals surface area contributed by atoms with Gasteiger partial charge in [-0.25, -0.2) is 0 Å². The van der Waals surface area contributed by atoms with Gasteiger partial charge in [0, 0.05) is 5.56 Å². The number of para-hydroxylation sites is 1. The molecule has 0 aliphatic rings. The third kappa shape index (κ3) is 3.11. The van der Waals surface area contributed by atoms with Gasteiger partial charge in [-0.2, -0.15) is 5.26 Å². The van der Waals surface area contributed by atoms with E-state index in [0.717, 1.165) is 11.3 Å². The number of hydrogen-bond donors (Lipinski definition) is 1. The van der Waals surface area contributed by atoms with Gasteiger partial charge in [-0.3, -0.25) is 0 Å². The van der Waals surface area contributed by atoms with Gasteiger partial charge < -0.3 is 9.94 Å². The van der Waals surface area contributed by atoms with Crippen molar-refractivity contribution in [3.8, 4) is 11.8 Å². The molecule has 0 saturated carbocycles. The van der Waals surface area contributed by atoms with E-state index in [1.54, 1.807) is 12.1 Å². The quantitative estimate of drug-likeness (QED) is 0.517. The maximum absolute atomic E-state index is 8.91. The minimum absolute atomic E-state index is 0.0211. The SMILES string of the molecule is N#C/C(=N/O)c1ccccc1COc1ccccc1. The first kappa shape index (κ1) is 12.7. The number of nitrogens with zero attached hydrogens (tertiary/aromatic N) is 2. The lowest BCUT2D eigenvalue weighted by molar-refractivity contribution is 0.305. The Balaban J connectivity index is 2.20. The van der Waals surface area contributed by atoms with Crippen molar-refractivity contribution >= 4 is 5.71 Å². The molecule has 0 fully saturated rings. The Morgan fingerprint density at radius 2 is 1.79 bits per heavy atom. The summed E-state index contributed by atoms with van der Waals surface area (Å²) in [7, 11) is 0. The second-order valence-electron chi connectivity index (χ2n) is 3.82. The van der Waals surface area contributed by atoms with Gasteiger partial charge in [-0.1, -0.05) is 47.6 Å². The summed E-state index contributed by atoms with van der Waals surface area (Å²) in [6.07, 6.45) is 0. The van der Waals surface area contributed by atoms with E-state index in [1.165, 1.54) is 0 Å². The molecule has 2 aromatic carbocycles. The summed E-state index contributed by atoms with van der Waals surface area (Å²) in [5.74, 6) is 0.747. The molecule has 0 radical (unpaired) electrons. The van der Waals surface area contributed by atoms with Crippen LogP contribution in [0.5, 0.6) is 5.75 Å². The summed E-state index contributed by atoms with van der Waals surface area (Å²) in [4.78, 5) is 0. The molecular formula is C15H12N2O2. The van der Waals surface area contributed by atoms with E-state index in [4.69, 9.17) is 15.2 Å². The second kappa shape index (κ2) is 6.22. The Bertz CT molecular complexity index is 616. The van der Waals surface area contributed by atoms with Crippen molar-refractivity contribution < 1.29 is 9.94 Å². The van der Waals surface area contributed by atoms with Gasteiger partial charge in [0.2, 0.25) is 0 Å². The molecule has 0 aliphatic heterocycles. The molecular weight excluding hydrogens is 240 g/mol. The van der Waals surface area contributed by atoms with E-state index in [2.05, 4.69) is 5.16 Å². The molecule has 4 nitrogen and oxygen atoms in total. The highest BCUT2D eigenvalue weighted by Crippen LogP contribution is 2.15. The number of nitriles is 1. The van der Waals surface area contributed by atoms with Crippen LogP contribution < -0.4 is 4.74 Å². The van der Waals surface area contributed by atoms with Crippen molar-refractivity contribution in [2.45, 2.75) is 6.61 Å². The first-order valence-electron chi connectivity index (χ1n) is 5.73. The van der Waals surface area contributed by atoms with E-state index in [-0.39, 0.29) is 5.71 Å². The topological polar surface area (TPSA) is 65.6 Å². The van der Waals surface area contributed by atoms with Gasteiger partial charge in [0.25, 0.3) is 0 Å². The van der Waals surface area contributed by atoms with Gasteiger partial charge in [-0.05, 0) is 17.7 Å². The Hall–Kier alpha value is -2.80. The summed E-state index contributed by atoms with van der Waals surface area (Å²) in [6.45, 7) is 0.306. The molecule has 94 valence electrons. The van der Waals surface area contributed by atoms with Gasteiger partial charge in [0.1, 0.15) is 18.4 Å². The highest BCUT2D eigenvalue weighted by atomic mass is 16.5. The summed E-state index contributed by atoms with van der Waals surface area (Å²) >= 11 is 0. The third-order valence-corrected chi connectivity index (χ3v) is 2.62. The van der Waals surface area contributed by atoms with E-state index in [0.29, 0.717) is 12.2 Å². The lowest BCUT2D eigenvalue weighted by atomic mass is 10.0. The fraction of sp³-hybridized carbons (Fsp3) is 0.0667. The van der Waals surface area contributed by atoms with E-state index < -0.39 is 0 Å². The zero-order valence-electron chi connectivity index (χ0n) is 10.2. The van der Waals surface area contributed by atoms with Crippen molar-refractivity contribution in [3.63, 3.8) is 0 Å².